The predicted octanol–water partition coefficient (Wildman–Crippen LogP) is 2.08. The van der Waals surface area contributed by atoms with Gasteiger partial charge in [0.2, 0.25) is 0 Å². The van der Waals surface area contributed by atoms with E-state index < -0.39 is 5.97 Å². The number of hydrogen-bond donors (Lipinski definition) is 1. The molecule has 0 fully saturated rings. The first kappa shape index (κ1) is 14.9. The van der Waals surface area contributed by atoms with Gasteiger partial charge in [-0.3, -0.25) is 4.79 Å². The molecule has 0 aliphatic carbocycles. The molecule has 0 bridgehead atoms. The summed E-state index contributed by atoms with van der Waals surface area (Å²) in [6.45, 7) is 2.08. The molecule has 0 saturated carbocycles. The largest absolute Gasteiger partial charge is 0.478 e. The van der Waals surface area contributed by atoms with Gasteiger partial charge in [0.15, 0.2) is 0 Å². The number of carbonyl (C=O) groups is 2. The Labute approximate surface area is 115 Å². The van der Waals surface area contributed by atoms with Crippen LogP contribution < -0.4 is 0 Å². The maximum absolute atomic E-state index is 12.2. The molecule has 19 heavy (non-hydrogen) atoms. The molecule has 1 heterocycles. The van der Waals surface area contributed by atoms with E-state index in [-0.39, 0.29) is 11.8 Å². The van der Waals surface area contributed by atoms with Crippen LogP contribution in [0.4, 0.5) is 0 Å². The molecule has 5 nitrogen and oxygen atoms in total. The van der Waals surface area contributed by atoms with Crippen LogP contribution in [-0.4, -0.2) is 35.5 Å². The first-order chi connectivity index (χ1) is 8.95. The van der Waals surface area contributed by atoms with Crippen molar-refractivity contribution in [1.29, 1.82) is 5.26 Å². The van der Waals surface area contributed by atoms with E-state index in [1.54, 1.807) is 25.4 Å². The van der Waals surface area contributed by atoms with Gasteiger partial charge in [0.1, 0.15) is 0 Å². The van der Waals surface area contributed by atoms with Crippen molar-refractivity contribution >= 4 is 29.3 Å². The van der Waals surface area contributed by atoms with Gasteiger partial charge in [-0.2, -0.15) is 5.26 Å². The van der Waals surface area contributed by atoms with Crippen molar-refractivity contribution in [2.24, 2.45) is 5.92 Å². The van der Waals surface area contributed by atoms with E-state index in [1.807, 2.05) is 0 Å². The molecule has 0 aromatic carbocycles. The molecule has 1 amide bonds. The average Bonchev–Trinajstić information content (AvgIpc) is 2.83. The smallest absolute Gasteiger partial charge is 0.328 e. The Morgan fingerprint density at radius 2 is 2.32 bits per heavy atom. The van der Waals surface area contributed by atoms with Crippen LogP contribution >= 0.6 is 11.3 Å². The molecule has 1 aromatic heterocycles. The monoisotopic (exact) mass is 278 g/mol. The summed E-state index contributed by atoms with van der Waals surface area (Å²) < 4.78 is 0. The Balaban J connectivity index is 2.86. The normalized spacial score (nSPS) is 12.1. The maximum Gasteiger partial charge on any atom is 0.328 e. The fourth-order valence-electron chi connectivity index (χ4n) is 1.49. The highest BCUT2D eigenvalue weighted by molar-refractivity contribution is 7.12. The molecule has 0 saturated heterocycles. The predicted molar refractivity (Wildman–Crippen MR) is 72.7 cm³/mol. The molecule has 0 aliphatic heterocycles. The summed E-state index contributed by atoms with van der Waals surface area (Å²) in [7, 11) is 1.63. The van der Waals surface area contributed by atoms with Crippen molar-refractivity contribution < 1.29 is 14.7 Å². The van der Waals surface area contributed by atoms with Crippen molar-refractivity contribution in [3.05, 3.63) is 28.0 Å². The number of hydrogen-bond acceptors (Lipinski definition) is 4. The van der Waals surface area contributed by atoms with Crippen LogP contribution in [0.25, 0.3) is 6.08 Å². The Morgan fingerprint density at radius 3 is 2.89 bits per heavy atom. The van der Waals surface area contributed by atoms with Crippen molar-refractivity contribution in [2.45, 2.75) is 6.92 Å². The van der Waals surface area contributed by atoms with E-state index >= 15 is 0 Å². The number of carboxylic acid groups (broad SMARTS) is 1. The summed E-state index contributed by atoms with van der Waals surface area (Å²) in [4.78, 5) is 24.6. The lowest BCUT2D eigenvalue weighted by atomic mass is 10.2. The Hall–Kier alpha value is -2.13. The van der Waals surface area contributed by atoms with Gasteiger partial charge in [-0.1, -0.05) is 0 Å². The van der Waals surface area contributed by atoms with Crippen LogP contribution in [-0.2, 0) is 4.79 Å². The topological polar surface area (TPSA) is 81.4 Å². The number of carboxylic acids is 1. The van der Waals surface area contributed by atoms with Crippen molar-refractivity contribution in [3.63, 3.8) is 0 Å². The highest BCUT2D eigenvalue weighted by atomic mass is 32.1. The SMILES string of the molecule is CC(C#N)CN(C)C(=O)c1sccc1C=CC(=O)O. The van der Waals surface area contributed by atoms with Gasteiger partial charge in [-0.25, -0.2) is 4.79 Å². The molecule has 0 spiro atoms. The quantitative estimate of drug-likeness (QED) is 0.836. The second-order valence-electron chi connectivity index (χ2n) is 4.09. The van der Waals surface area contributed by atoms with Crippen LogP contribution in [0.5, 0.6) is 0 Å². The van der Waals surface area contributed by atoms with Gasteiger partial charge in [0.05, 0.1) is 16.9 Å². The molecule has 1 atom stereocenters. The number of amides is 1. The van der Waals surface area contributed by atoms with E-state index in [0.717, 1.165) is 6.08 Å². The van der Waals surface area contributed by atoms with Gasteiger partial charge < -0.3 is 10.0 Å². The van der Waals surface area contributed by atoms with Gasteiger partial charge in [-0.15, -0.1) is 11.3 Å². The minimum Gasteiger partial charge on any atom is -0.478 e. The number of nitrogens with zero attached hydrogens (tertiary/aromatic N) is 2. The van der Waals surface area contributed by atoms with Crippen LogP contribution in [0, 0.1) is 17.2 Å². The highest BCUT2D eigenvalue weighted by Crippen LogP contribution is 2.20. The second kappa shape index (κ2) is 6.71. The molecule has 0 radical (unpaired) electrons. The molecule has 1 rings (SSSR count). The van der Waals surface area contributed by atoms with Crippen molar-refractivity contribution in [2.75, 3.05) is 13.6 Å². The molecule has 1 unspecified atom stereocenters. The summed E-state index contributed by atoms with van der Waals surface area (Å²) in [5.41, 5.74) is 0.578. The van der Waals surface area contributed by atoms with Crippen molar-refractivity contribution in [3.8, 4) is 6.07 Å². The van der Waals surface area contributed by atoms with Gasteiger partial charge in [0, 0.05) is 19.7 Å². The maximum atomic E-state index is 12.2. The fourth-order valence-corrected chi connectivity index (χ4v) is 2.37. The summed E-state index contributed by atoms with van der Waals surface area (Å²) >= 11 is 1.25. The lowest BCUT2D eigenvalue weighted by Gasteiger charge is -2.17. The van der Waals surface area contributed by atoms with E-state index in [9.17, 15) is 9.59 Å². The van der Waals surface area contributed by atoms with Crippen LogP contribution in [0.15, 0.2) is 17.5 Å². The minimum absolute atomic E-state index is 0.206. The first-order valence-electron chi connectivity index (χ1n) is 5.59. The number of rotatable bonds is 5. The number of aliphatic carboxylic acids is 1. The van der Waals surface area contributed by atoms with E-state index in [2.05, 4.69) is 6.07 Å². The third-order valence-corrected chi connectivity index (χ3v) is 3.33. The molecule has 0 aliphatic rings. The summed E-state index contributed by atoms with van der Waals surface area (Å²) in [5, 5.41) is 19.1. The van der Waals surface area contributed by atoms with E-state index in [1.165, 1.54) is 22.3 Å². The van der Waals surface area contributed by atoms with Crippen LogP contribution in [0.3, 0.4) is 0 Å². The Morgan fingerprint density at radius 1 is 1.63 bits per heavy atom. The minimum atomic E-state index is -1.06. The lowest BCUT2D eigenvalue weighted by Crippen LogP contribution is -2.30. The third-order valence-electron chi connectivity index (χ3n) is 2.41. The lowest BCUT2D eigenvalue weighted by molar-refractivity contribution is -0.131. The number of thiophene rings is 1. The average molecular weight is 278 g/mol. The summed E-state index contributed by atoms with van der Waals surface area (Å²) in [5.74, 6) is -1.51. The number of carbonyl (C=O) groups excluding carboxylic acids is 1. The standard InChI is InChI=1S/C13H14N2O3S/c1-9(7-14)8-15(2)13(18)12-10(5-6-19-12)3-4-11(16)17/h3-6,9H,8H2,1-2H3,(H,16,17). The molecule has 1 N–H and O–H groups in total. The highest BCUT2D eigenvalue weighted by Gasteiger charge is 2.17. The third kappa shape index (κ3) is 4.23. The van der Waals surface area contributed by atoms with Crippen LogP contribution in [0.2, 0.25) is 0 Å². The summed E-state index contributed by atoms with van der Waals surface area (Å²) in [6.07, 6.45) is 2.39. The Bertz CT molecular complexity index is 542. The molecule has 100 valence electrons. The second-order valence-corrected chi connectivity index (χ2v) is 5.01. The first-order valence-corrected chi connectivity index (χ1v) is 6.47. The zero-order chi connectivity index (χ0) is 14.4. The number of nitriles is 1. The van der Waals surface area contributed by atoms with Crippen molar-refractivity contribution in [1.82, 2.24) is 4.90 Å². The van der Waals surface area contributed by atoms with Crippen LogP contribution in [0.1, 0.15) is 22.2 Å². The van der Waals surface area contributed by atoms with Gasteiger partial charge in [0.25, 0.3) is 5.91 Å². The molecular weight excluding hydrogens is 264 g/mol. The van der Waals surface area contributed by atoms with E-state index in [0.29, 0.717) is 17.0 Å². The molecular formula is C13H14N2O3S. The van der Waals surface area contributed by atoms with Gasteiger partial charge >= 0.3 is 5.97 Å². The Kier molecular flexibility index (Phi) is 5.27. The summed E-state index contributed by atoms with van der Waals surface area (Å²) in [6, 6.07) is 3.76. The van der Waals surface area contributed by atoms with Gasteiger partial charge in [-0.05, 0) is 30.0 Å². The zero-order valence-electron chi connectivity index (χ0n) is 10.7. The van der Waals surface area contributed by atoms with E-state index in [4.69, 9.17) is 10.4 Å². The molecule has 1 aromatic rings. The zero-order valence-corrected chi connectivity index (χ0v) is 11.5. The molecule has 6 heteroatoms. The fraction of sp³-hybridized carbons (Fsp3) is 0.308.